The second-order valence-corrected chi connectivity index (χ2v) is 16.7. The molecule has 58 heavy (non-hydrogen) atoms. The van der Waals surface area contributed by atoms with Gasteiger partial charge in [0.1, 0.15) is 0 Å². The van der Waals surface area contributed by atoms with E-state index < -0.39 is 11.9 Å². The van der Waals surface area contributed by atoms with Gasteiger partial charge in [0.15, 0.2) is 0 Å². The minimum atomic E-state index is -0.651. The molecule has 350 valence electrons. The summed E-state index contributed by atoms with van der Waals surface area (Å²) in [6, 6.07) is 0. The molecular formula is C50H102O8. The van der Waals surface area contributed by atoms with Crippen LogP contribution in [0.15, 0.2) is 0 Å². The minimum Gasteiger partial charge on any atom is -0.481 e. The quantitative estimate of drug-likeness (QED) is 0.0446. The fourth-order valence-corrected chi connectivity index (χ4v) is 7.16. The summed E-state index contributed by atoms with van der Waals surface area (Å²) in [4.78, 5) is 20.8. The molecule has 0 spiro atoms. The molecular weight excluding hydrogens is 729 g/mol. The van der Waals surface area contributed by atoms with Gasteiger partial charge in [-0.1, -0.05) is 245 Å². The molecule has 0 aliphatic rings. The highest BCUT2D eigenvalue weighted by Crippen LogP contribution is 2.16. The molecule has 0 bridgehead atoms. The molecule has 0 aromatic carbocycles. The maximum absolute atomic E-state index is 10.4. The van der Waals surface area contributed by atoms with Crippen LogP contribution < -0.4 is 0 Å². The van der Waals surface area contributed by atoms with Crippen molar-refractivity contribution in [3.8, 4) is 0 Å². The normalized spacial score (nSPS) is 10.9. The van der Waals surface area contributed by atoms with E-state index in [-0.39, 0.29) is 13.2 Å². The summed E-state index contributed by atoms with van der Waals surface area (Å²) >= 11 is 0. The minimum absolute atomic E-state index is 0.0417. The van der Waals surface area contributed by atoms with Crippen LogP contribution in [0.1, 0.15) is 271 Å². The lowest BCUT2D eigenvalue weighted by Crippen LogP contribution is -2.09. The van der Waals surface area contributed by atoms with Gasteiger partial charge < -0.3 is 29.9 Å². The van der Waals surface area contributed by atoms with Gasteiger partial charge in [-0.2, -0.15) is 0 Å². The molecule has 0 aromatic heterocycles. The zero-order valence-corrected chi connectivity index (χ0v) is 38.9. The number of carboxylic acid groups (broad SMARTS) is 2. The summed E-state index contributed by atoms with van der Waals surface area (Å²) in [6.45, 7) is 6.29. The van der Waals surface area contributed by atoms with E-state index in [4.69, 9.17) is 29.9 Å². The maximum Gasteiger partial charge on any atom is 0.303 e. The Morgan fingerprint density at radius 2 is 0.466 bits per heavy atom. The molecule has 0 amide bonds. The molecule has 0 rings (SSSR count). The third-order valence-electron chi connectivity index (χ3n) is 10.8. The van der Waals surface area contributed by atoms with Crippen molar-refractivity contribution in [3.05, 3.63) is 0 Å². The molecule has 0 unspecified atom stereocenters. The van der Waals surface area contributed by atoms with Crippen molar-refractivity contribution in [2.24, 2.45) is 0 Å². The highest BCUT2D eigenvalue weighted by Gasteiger charge is 1.99. The predicted octanol–water partition coefficient (Wildman–Crippen LogP) is 14.8. The second kappa shape index (κ2) is 60.1. The molecule has 0 saturated heterocycles. The molecule has 0 fully saturated rings. The monoisotopic (exact) mass is 831 g/mol. The van der Waals surface area contributed by atoms with Crippen LogP contribution in [0.4, 0.5) is 0 Å². The van der Waals surface area contributed by atoms with Crippen molar-refractivity contribution in [3.63, 3.8) is 0 Å². The van der Waals surface area contributed by atoms with Crippen LogP contribution in [0.3, 0.4) is 0 Å². The van der Waals surface area contributed by atoms with Crippen LogP contribution in [0.25, 0.3) is 0 Å². The summed E-state index contributed by atoms with van der Waals surface area (Å²) in [5.41, 5.74) is 0. The SMILES string of the molecule is CCCCCCCCCCCCCCCCCCCCCC(=O)O.CCCCCCCCCCCCCCCCCCCCCC(=O)O.OCCOCCOCCO. The van der Waals surface area contributed by atoms with Crippen LogP contribution in [-0.4, -0.2) is 72.0 Å². The zero-order chi connectivity index (χ0) is 43.1. The Kier molecular flexibility index (Phi) is 63.3. The first-order valence-corrected chi connectivity index (χ1v) is 25.3. The van der Waals surface area contributed by atoms with E-state index in [0.29, 0.717) is 39.3 Å². The molecule has 0 saturated carbocycles. The van der Waals surface area contributed by atoms with Crippen LogP contribution in [0.2, 0.25) is 0 Å². The van der Waals surface area contributed by atoms with Gasteiger partial charge in [0, 0.05) is 12.8 Å². The zero-order valence-electron chi connectivity index (χ0n) is 38.9. The van der Waals surface area contributed by atoms with Gasteiger partial charge >= 0.3 is 11.9 Å². The van der Waals surface area contributed by atoms with Crippen molar-refractivity contribution in [1.82, 2.24) is 0 Å². The molecule has 0 atom stereocenters. The number of aliphatic hydroxyl groups is 2. The molecule has 0 aliphatic carbocycles. The van der Waals surface area contributed by atoms with E-state index in [9.17, 15) is 9.59 Å². The Balaban J connectivity index is -0.000000847. The van der Waals surface area contributed by atoms with E-state index in [0.717, 1.165) is 25.7 Å². The Bertz CT molecular complexity index is 674. The number of hydrogen-bond acceptors (Lipinski definition) is 6. The van der Waals surface area contributed by atoms with Gasteiger partial charge in [-0.15, -0.1) is 0 Å². The van der Waals surface area contributed by atoms with Crippen molar-refractivity contribution in [1.29, 1.82) is 0 Å². The Morgan fingerprint density at radius 1 is 0.293 bits per heavy atom. The Morgan fingerprint density at radius 3 is 0.621 bits per heavy atom. The van der Waals surface area contributed by atoms with E-state index in [1.165, 1.54) is 218 Å². The van der Waals surface area contributed by atoms with E-state index in [1.54, 1.807) is 0 Å². The molecule has 0 radical (unpaired) electrons. The smallest absolute Gasteiger partial charge is 0.303 e. The predicted molar refractivity (Wildman–Crippen MR) is 247 cm³/mol. The van der Waals surface area contributed by atoms with Gasteiger partial charge in [-0.3, -0.25) is 9.59 Å². The van der Waals surface area contributed by atoms with Crippen molar-refractivity contribution in [2.45, 2.75) is 271 Å². The van der Waals surface area contributed by atoms with E-state index in [2.05, 4.69) is 13.8 Å². The summed E-state index contributed by atoms with van der Waals surface area (Å²) in [5.74, 6) is -1.30. The highest BCUT2D eigenvalue weighted by molar-refractivity contribution is 5.66. The van der Waals surface area contributed by atoms with Crippen molar-refractivity contribution < 1.29 is 39.5 Å². The fraction of sp³-hybridized carbons (Fsp3) is 0.960. The summed E-state index contributed by atoms with van der Waals surface area (Å²) in [5, 5.41) is 33.6. The standard InChI is InChI=1S/2C22H44O2.C6H14O4/c2*1-2-3-4-5-6-7-8-9-10-11-12-13-14-15-16-17-18-19-20-21-22(23)24;7-1-3-9-5-6-10-4-2-8/h2*2-21H2,1H3,(H,23,24);7-8H,1-6H2. The van der Waals surface area contributed by atoms with Crippen molar-refractivity contribution in [2.75, 3.05) is 39.6 Å². The summed E-state index contributed by atoms with van der Waals surface area (Å²) in [6.07, 6.45) is 52.2. The van der Waals surface area contributed by atoms with Crippen LogP contribution >= 0.6 is 0 Å². The number of carboxylic acids is 2. The largest absolute Gasteiger partial charge is 0.481 e. The summed E-state index contributed by atoms with van der Waals surface area (Å²) in [7, 11) is 0. The topological polar surface area (TPSA) is 134 Å². The number of aliphatic hydroxyl groups excluding tert-OH is 2. The number of unbranched alkanes of at least 4 members (excludes halogenated alkanes) is 36. The number of hydrogen-bond donors (Lipinski definition) is 4. The molecule has 0 aromatic rings. The average molecular weight is 831 g/mol. The highest BCUT2D eigenvalue weighted by atomic mass is 16.5. The lowest BCUT2D eigenvalue weighted by atomic mass is 10.0. The van der Waals surface area contributed by atoms with Crippen LogP contribution in [0, 0.1) is 0 Å². The first-order valence-electron chi connectivity index (χ1n) is 25.3. The van der Waals surface area contributed by atoms with E-state index >= 15 is 0 Å². The number of aliphatic carboxylic acids is 2. The molecule has 0 heterocycles. The Hall–Kier alpha value is -1.22. The van der Waals surface area contributed by atoms with Gasteiger partial charge in [0.2, 0.25) is 0 Å². The van der Waals surface area contributed by atoms with Gasteiger partial charge in [-0.25, -0.2) is 0 Å². The van der Waals surface area contributed by atoms with Crippen LogP contribution in [-0.2, 0) is 19.1 Å². The van der Waals surface area contributed by atoms with Gasteiger partial charge in [0.05, 0.1) is 39.6 Å². The first kappa shape index (κ1) is 61.1. The van der Waals surface area contributed by atoms with Gasteiger partial charge in [-0.05, 0) is 12.8 Å². The third kappa shape index (κ3) is 69.4. The molecule has 8 heteroatoms. The maximum atomic E-state index is 10.4. The number of carbonyl (C=O) groups is 2. The lowest BCUT2D eigenvalue weighted by molar-refractivity contribution is -0.138. The average Bonchev–Trinajstić information content (AvgIpc) is 3.21. The second-order valence-electron chi connectivity index (χ2n) is 16.7. The number of rotatable bonds is 47. The lowest BCUT2D eigenvalue weighted by Gasteiger charge is -2.03. The van der Waals surface area contributed by atoms with Gasteiger partial charge in [0.25, 0.3) is 0 Å². The fourth-order valence-electron chi connectivity index (χ4n) is 7.16. The first-order chi connectivity index (χ1) is 28.5. The molecule has 4 N–H and O–H groups in total. The summed E-state index contributed by atoms with van der Waals surface area (Å²) < 4.78 is 9.75. The van der Waals surface area contributed by atoms with E-state index in [1.807, 2.05) is 0 Å². The van der Waals surface area contributed by atoms with Crippen molar-refractivity contribution >= 4 is 11.9 Å². The van der Waals surface area contributed by atoms with Crippen LogP contribution in [0.5, 0.6) is 0 Å². The molecule has 0 aliphatic heterocycles. The number of ether oxygens (including phenoxy) is 2. The third-order valence-corrected chi connectivity index (χ3v) is 10.8. The molecule has 8 nitrogen and oxygen atoms in total. The Labute approximate surface area is 360 Å².